The smallest absolute Gasteiger partial charge is 0.387 e. The van der Waals surface area contributed by atoms with Crippen molar-refractivity contribution in [3.05, 3.63) is 59.0 Å². The van der Waals surface area contributed by atoms with Crippen molar-refractivity contribution < 1.29 is 31.1 Å². The molecule has 1 aromatic heterocycles. The van der Waals surface area contributed by atoms with E-state index in [1.165, 1.54) is 12.1 Å². The zero-order chi connectivity index (χ0) is 27.7. The number of H-pyrrole nitrogens is 1. The minimum absolute atomic E-state index is 0.0446. The quantitative estimate of drug-likeness (QED) is 0.287. The molecule has 1 saturated heterocycles. The summed E-state index contributed by atoms with van der Waals surface area (Å²) < 4.78 is 86.9. The molecular formula is C28H32F6N4O. The number of para-hydroxylation sites is 1. The molecule has 2 N–H and O–H groups in total. The fraction of sp³-hybridized carbons (Fsp3) is 0.500. The van der Waals surface area contributed by atoms with E-state index >= 15 is 0 Å². The summed E-state index contributed by atoms with van der Waals surface area (Å²) in [4.78, 5) is 6.78. The molecule has 2 unspecified atom stereocenters. The molecule has 3 heterocycles. The molecule has 5 nitrogen and oxygen atoms in total. The molecular weight excluding hydrogens is 522 g/mol. The Morgan fingerprint density at radius 1 is 1.15 bits per heavy atom. The van der Waals surface area contributed by atoms with Crippen LogP contribution in [0.25, 0.3) is 10.9 Å². The molecule has 3 aromatic rings. The number of aromatic amines is 1. The van der Waals surface area contributed by atoms with Crippen LogP contribution < -0.4 is 10.1 Å². The van der Waals surface area contributed by atoms with Gasteiger partial charge in [-0.05, 0) is 43.9 Å². The number of alkyl halides is 5. The van der Waals surface area contributed by atoms with E-state index in [2.05, 4.69) is 15.2 Å². The van der Waals surface area contributed by atoms with Gasteiger partial charge in [-0.2, -0.15) is 8.78 Å². The van der Waals surface area contributed by atoms with E-state index in [0.717, 1.165) is 18.5 Å². The Balaban J connectivity index is 1.53. The Kier molecular flexibility index (Phi) is 8.27. The molecule has 39 heavy (non-hydrogen) atoms. The summed E-state index contributed by atoms with van der Waals surface area (Å²) in [6.45, 7) is -0.149. The van der Waals surface area contributed by atoms with Crippen molar-refractivity contribution in [3.63, 3.8) is 0 Å². The summed E-state index contributed by atoms with van der Waals surface area (Å²) in [5.74, 6) is -0.611. The Hall–Kier alpha value is -2.92. The van der Waals surface area contributed by atoms with Crippen LogP contribution in [0.1, 0.15) is 42.6 Å². The van der Waals surface area contributed by atoms with Crippen LogP contribution in [0, 0.1) is 5.82 Å². The van der Waals surface area contributed by atoms with Crippen LogP contribution in [0.2, 0.25) is 0 Å². The van der Waals surface area contributed by atoms with Crippen LogP contribution >= 0.6 is 0 Å². The molecule has 0 amide bonds. The number of ether oxygens (including phenoxy) is 1. The number of rotatable bonds is 10. The molecule has 11 heteroatoms. The van der Waals surface area contributed by atoms with Crippen molar-refractivity contribution in [2.45, 2.75) is 57.3 Å². The molecule has 0 bridgehead atoms. The maximum atomic E-state index is 14.7. The minimum Gasteiger partial charge on any atom is -0.434 e. The first-order valence-corrected chi connectivity index (χ1v) is 13.2. The summed E-state index contributed by atoms with van der Waals surface area (Å²) in [6.07, 6.45) is -0.998. The van der Waals surface area contributed by atoms with Crippen molar-refractivity contribution in [1.82, 2.24) is 14.8 Å². The van der Waals surface area contributed by atoms with Gasteiger partial charge in [-0.3, -0.25) is 9.29 Å². The summed E-state index contributed by atoms with van der Waals surface area (Å²) in [7, 11) is 0. The first-order chi connectivity index (χ1) is 18.7. The molecule has 0 spiro atoms. The van der Waals surface area contributed by atoms with Gasteiger partial charge in [0.1, 0.15) is 11.6 Å². The van der Waals surface area contributed by atoms with Crippen LogP contribution in [0.15, 0.2) is 36.4 Å². The number of nitrogens with one attached hydrogen (secondary N) is 2. The molecule has 2 aliphatic rings. The SMILES string of the molecule is C[C@@H]1Cc2c([nH]c3c(F)cccc23)C(c2ccc(NC3CCN(CCCF)C3)cc2OC(F)F)N1CC(F)F. The highest BCUT2D eigenvalue weighted by Gasteiger charge is 2.39. The Labute approximate surface area is 223 Å². The van der Waals surface area contributed by atoms with E-state index in [0.29, 0.717) is 42.7 Å². The molecule has 0 radical (unpaired) electrons. The standard InChI is InChI=1S/C28H32F6N4O/c1-16-12-21-19-4-2-5-22(30)25(19)36-26(21)27(38(16)15-24(31)32)20-7-6-17(13-23(20)39-28(33)34)35-18-8-11-37(14-18)10-3-9-29/h2,4-7,13,16,18,24,27-28,35-36H,3,8-12,14-15H2,1H3/t16-,18?,27?/m1/s1. The van der Waals surface area contributed by atoms with Crippen LogP contribution in [-0.2, 0) is 6.42 Å². The molecule has 2 aromatic carbocycles. The first-order valence-electron chi connectivity index (χ1n) is 13.2. The van der Waals surface area contributed by atoms with Gasteiger partial charge >= 0.3 is 6.61 Å². The molecule has 5 rings (SSSR count). The lowest BCUT2D eigenvalue weighted by Crippen LogP contribution is -2.45. The second-order valence-electron chi connectivity index (χ2n) is 10.3. The van der Waals surface area contributed by atoms with Gasteiger partial charge in [-0.25, -0.2) is 13.2 Å². The first kappa shape index (κ1) is 27.6. The zero-order valence-corrected chi connectivity index (χ0v) is 21.6. The lowest BCUT2D eigenvalue weighted by molar-refractivity contribution is -0.0515. The molecule has 0 aliphatic carbocycles. The van der Waals surface area contributed by atoms with Gasteiger partial charge in [0.2, 0.25) is 0 Å². The number of aromatic nitrogens is 1. The van der Waals surface area contributed by atoms with Crippen molar-refractivity contribution in [1.29, 1.82) is 0 Å². The summed E-state index contributed by atoms with van der Waals surface area (Å²) in [5.41, 5.74) is 2.37. The number of anilines is 1. The number of benzene rings is 2. The normalized spacial score (nSPS) is 22.2. The Bertz CT molecular complexity index is 1280. The minimum atomic E-state index is -3.13. The van der Waals surface area contributed by atoms with Gasteiger partial charge in [0.25, 0.3) is 6.43 Å². The van der Waals surface area contributed by atoms with E-state index in [-0.39, 0.29) is 35.6 Å². The van der Waals surface area contributed by atoms with Crippen molar-refractivity contribution in [3.8, 4) is 5.75 Å². The van der Waals surface area contributed by atoms with Gasteiger partial charge in [-0.15, -0.1) is 0 Å². The number of hydrogen-bond donors (Lipinski definition) is 2. The molecule has 2 aliphatic heterocycles. The zero-order valence-electron chi connectivity index (χ0n) is 21.6. The third kappa shape index (κ3) is 5.84. The van der Waals surface area contributed by atoms with Crippen LogP contribution in [0.4, 0.5) is 32.0 Å². The van der Waals surface area contributed by atoms with E-state index in [1.807, 2.05) is 0 Å². The monoisotopic (exact) mass is 554 g/mol. The highest BCUT2D eigenvalue weighted by molar-refractivity contribution is 5.86. The van der Waals surface area contributed by atoms with Gasteiger partial charge in [0, 0.05) is 60.1 Å². The van der Waals surface area contributed by atoms with Gasteiger partial charge in [0.05, 0.1) is 24.8 Å². The topological polar surface area (TPSA) is 43.5 Å². The predicted molar refractivity (Wildman–Crippen MR) is 138 cm³/mol. The van der Waals surface area contributed by atoms with E-state index in [1.54, 1.807) is 36.1 Å². The number of hydrogen-bond acceptors (Lipinski definition) is 4. The average molecular weight is 555 g/mol. The third-order valence-electron chi connectivity index (χ3n) is 7.72. The van der Waals surface area contributed by atoms with Crippen LogP contribution in [-0.4, -0.2) is 72.8 Å². The van der Waals surface area contributed by atoms with E-state index < -0.39 is 31.4 Å². The van der Waals surface area contributed by atoms with E-state index in [9.17, 15) is 26.3 Å². The van der Waals surface area contributed by atoms with Gasteiger partial charge in [0.15, 0.2) is 0 Å². The fourth-order valence-corrected chi connectivity index (χ4v) is 6.04. The number of fused-ring (bicyclic) bond motifs is 3. The van der Waals surface area contributed by atoms with Crippen LogP contribution in [0.3, 0.4) is 0 Å². The number of halogens is 6. The maximum absolute atomic E-state index is 14.7. The number of likely N-dealkylation sites (tertiary alicyclic amines) is 1. The largest absolute Gasteiger partial charge is 0.434 e. The molecule has 1 fully saturated rings. The predicted octanol–water partition coefficient (Wildman–Crippen LogP) is 6.36. The molecule has 212 valence electrons. The highest BCUT2D eigenvalue weighted by atomic mass is 19.3. The third-order valence-corrected chi connectivity index (χ3v) is 7.72. The number of nitrogens with zero attached hydrogens (tertiary/aromatic N) is 2. The average Bonchev–Trinajstić information content (AvgIpc) is 3.48. The van der Waals surface area contributed by atoms with Gasteiger partial charge in [-0.1, -0.05) is 18.2 Å². The second-order valence-corrected chi connectivity index (χ2v) is 10.3. The maximum Gasteiger partial charge on any atom is 0.387 e. The summed E-state index contributed by atoms with van der Waals surface area (Å²) in [5, 5.41) is 3.99. The van der Waals surface area contributed by atoms with Crippen molar-refractivity contribution in [2.24, 2.45) is 0 Å². The second kappa shape index (κ2) is 11.7. The summed E-state index contributed by atoms with van der Waals surface area (Å²) >= 11 is 0. The van der Waals surface area contributed by atoms with Crippen molar-refractivity contribution in [2.75, 3.05) is 38.2 Å². The lowest BCUT2D eigenvalue weighted by Gasteiger charge is -2.41. The summed E-state index contributed by atoms with van der Waals surface area (Å²) in [6, 6.07) is 8.26. The fourth-order valence-electron chi connectivity index (χ4n) is 6.04. The lowest BCUT2D eigenvalue weighted by atomic mass is 9.88. The molecule has 0 saturated carbocycles. The Morgan fingerprint density at radius 2 is 1.97 bits per heavy atom. The Morgan fingerprint density at radius 3 is 2.72 bits per heavy atom. The van der Waals surface area contributed by atoms with Gasteiger partial charge < -0.3 is 19.9 Å². The highest BCUT2D eigenvalue weighted by Crippen LogP contribution is 2.45. The van der Waals surface area contributed by atoms with Crippen LogP contribution in [0.5, 0.6) is 5.75 Å². The molecule has 3 atom stereocenters. The van der Waals surface area contributed by atoms with E-state index in [4.69, 9.17) is 4.74 Å². The van der Waals surface area contributed by atoms with Crippen molar-refractivity contribution >= 4 is 16.6 Å².